The highest BCUT2D eigenvalue weighted by molar-refractivity contribution is 6.01. The van der Waals surface area contributed by atoms with Gasteiger partial charge in [-0.1, -0.05) is 48.6 Å². The minimum absolute atomic E-state index is 0.0324. The molecule has 12 rings (SSSR count). The van der Waals surface area contributed by atoms with Crippen molar-refractivity contribution in [3.63, 3.8) is 0 Å². The number of carboxylic acid groups (broad SMARTS) is 1. The molecule has 1 unspecified atom stereocenters. The first kappa shape index (κ1) is 94.3. The number of phenols is 3. The number of aliphatic hydroxyl groups is 19. The number of carboxylic acids is 1. The van der Waals surface area contributed by atoms with Gasteiger partial charge in [0.2, 0.25) is 37.2 Å². The lowest BCUT2D eigenvalue weighted by Crippen LogP contribution is -2.60. The van der Waals surface area contributed by atoms with Gasteiger partial charge in [0.25, 0.3) is 12.2 Å². The summed E-state index contributed by atoms with van der Waals surface area (Å²) in [6.07, 6.45) is -35.4. The van der Waals surface area contributed by atoms with Gasteiger partial charge in [-0.05, 0) is 113 Å². The van der Waals surface area contributed by atoms with Crippen LogP contribution in [0.5, 0.6) is 46.0 Å². The van der Waals surface area contributed by atoms with Crippen molar-refractivity contribution < 1.29 is 207 Å². The summed E-state index contributed by atoms with van der Waals surface area (Å²) < 4.78 is 89.6. The number of benzene rings is 5. The van der Waals surface area contributed by atoms with E-state index in [4.69, 9.17) is 75.8 Å². The Bertz CT molecular complexity index is 5020. The molecule has 4 aromatic rings. The van der Waals surface area contributed by atoms with E-state index < -0.39 is 279 Å². The molecule has 8 aliphatic rings. The van der Waals surface area contributed by atoms with Crippen LogP contribution in [0, 0.1) is 0 Å². The second-order valence-corrected chi connectivity index (χ2v) is 29.4. The number of aromatic hydroxyl groups is 3. The third-order valence-electron chi connectivity index (χ3n) is 20.3. The SMILES string of the molecule is O=C1C=CC(=CC=C(O)OC[C@H]2O[C@@H](Oc3ccc(/C=C/C(=O)OC[C@H]4O[C@@H](Oc5cc(-c6oc7cc(O)cc(=O)c-7cc6O[C@@H]6O[C@H](COC(=O)CC(=O)O)[C@@H](O)[C@H](O)[C@H]6O)cc(O[C@@H]6O[C@H](COC(=O)/C=C/c7ccc(O[C@@H]8O[C@H](C[OH+]C(O)C=Cc9ccc(O)cc9)[C@@H](O)[C@H](O)[C@H]8O)cc7)[C@@H](O)[C@H](O)[C@H]6O)c5O)[C@H](O)[C@@H](O)[C@@H]4O)cc3)[C@H](O)[C@@H](O)[C@@H]2O)C=C1. The summed E-state index contributed by atoms with van der Waals surface area (Å²) in [7, 11) is 0. The second-order valence-electron chi connectivity index (χ2n) is 29.4. The first-order chi connectivity index (χ1) is 60.5. The molecule has 0 radical (unpaired) electrons. The van der Waals surface area contributed by atoms with E-state index >= 15 is 0 Å². The minimum Gasteiger partial charge on any atom is -0.508 e. The van der Waals surface area contributed by atoms with Crippen LogP contribution >= 0.6 is 0 Å². The molecule has 0 bridgehead atoms. The van der Waals surface area contributed by atoms with Crippen molar-refractivity contribution in [1.82, 2.24) is 0 Å². The molecule has 22 N–H and O–H groups in total. The highest BCUT2D eigenvalue weighted by Gasteiger charge is 2.52. The lowest BCUT2D eigenvalue weighted by Gasteiger charge is -2.40. The van der Waals surface area contributed by atoms with Crippen LogP contribution in [0.25, 0.3) is 40.9 Å². The zero-order valence-corrected chi connectivity index (χ0v) is 65.9. The van der Waals surface area contributed by atoms with E-state index in [-0.39, 0.29) is 29.6 Å². The number of aliphatic hydroxyl groups excluding tert-OH is 17. The van der Waals surface area contributed by atoms with E-state index in [0.717, 1.165) is 48.6 Å². The van der Waals surface area contributed by atoms with E-state index in [1.54, 1.807) is 12.1 Å². The van der Waals surface area contributed by atoms with Crippen LogP contribution in [0.3, 0.4) is 0 Å². The monoisotopic (exact) mass is 1790 g/mol. The van der Waals surface area contributed by atoms with Crippen LogP contribution in [0.1, 0.15) is 23.1 Å². The Morgan fingerprint density at radius 2 is 0.827 bits per heavy atom. The van der Waals surface area contributed by atoms with Gasteiger partial charge in [-0.3, -0.25) is 19.2 Å². The maximum absolute atomic E-state index is 13.5. The van der Waals surface area contributed by atoms with Crippen LogP contribution in [-0.4, -0.2) is 334 Å². The molecule has 127 heavy (non-hydrogen) atoms. The number of phenolic OH excluding ortho intramolecular Hbond substituents is 3. The van der Waals surface area contributed by atoms with Crippen LogP contribution in [0.4, 0.5) is 0 Å². The molecular weight excluding hydrogens is 1700 g/mol. The molecule has 6 heterocycles. The summed E-state index contributed by atoms with van der Waals surface area (Å²) in [6.45, 7) is -3.70. The van der Waals surface area contributed by atoms with Crippen molar-refractivity contribution in [2.75, 3.05) is 33.0 Å². The molecule has 682 valence electrons. The summed E-state index contributed by atoms with van der Waals surface area (Å²) in [5.74, 6) is -11.4. The number of hydrogen-bond donors (Lipinski definition) is 21. The zero-order chi connectivity index (χ0) is 91.4. The Kier molecular flexibility index (Phi) is 31.3. The van der Waals surface area contributed by atoms with E-state index in [0.29, 0.717) is 22.3 Å². The number of hydrogen-bond acceptors (Lipinski definition) is 41. The Morgan fingerprint density at radius 3 is 1.28 bits per heavy atom. The quantitative estimate of drug-likeness (QED) is 0.00372. The zero-order valence-electron chi connectivity index (χ0n) is 65.9. The number of aliphatic carboxylic acids is 1. The van der Waals surface area contributed by atoms with Crippen LogP contribution in [-0.2, 0) is 66.6 Å². The Morgan fingerprint density at radius 1 is 0.425 bits per heavy atom. The molecule has 0 spiro atoms. The van der Waals surface area contributed by atoms with Gasteiger partial charge in [-0.2, -0.15) is 0 Å². The van der Waals surface area contributed by atoms with Crippen LogP contribution in [0.2, 0.25) is 0 Å². The largest absolute Gasteiger partial charge is 0.508 e. The summed E-state index contributed by atoms with van der Waals surface area (Å²) in [4.78, 5) is 75.1. The van der Waals surface area contributed by atoms with Crippen molar-refractivity contribution >= 4 is 47.9 Å². The Balaban J connectivity index is 0.742. The van der Waals surface area contributed by atoms with Gasteiger partial charge in [0.15, 0.2) is 46.9 Å². The van der Waals surface area contributed by atoms with Gasteiger partial charge >= 0.3 is 23.9 Å². The minimum atomic E-state index is -2.31. The van der Waals surface area contributed by atoms with Crippen molar-refractivity contribution in [1.29, 1.82) is 0 Å². The molecule has 5 saturated heterocycles. The third kappa shape index (κ3) is 23.9. The molecule has 0 aromatic heterocycles. The van der Waals surface area contributed by atoms with E-state index in [1.165, 1.54) is 115 Å². The topological polar surface area (TPSA) is 682 Å². The summed E-state index contributed by atoms with van der Waals surface area (Å²) >= 11 is 0. The van der Waals surface area contributed by atoms with Gasteiger partial charge < -0.3 is 183 Å². The fraction of sp³-hybridized carbons (Fsp3) is 0.381. The Hall–Kier alpha value is -11.8. The number of ether oxygens (including phenoxy) is 15. The molecule has 0 amide bonds. The first-order valence-electron chi connectivity index (χ1n) is 38.8. The second kappa shape index (κ2) is 42.2. The molecule has 2 aliphatic carbocycles. The number of carbonyl (C=O) groups excluding carboxylic acids is 4. The molecule has 43 nitrogen and oxygen atoms in total. The number of esters is 3. The van der Waals surface area contributed by atoms with Gasteiger partial charge in [0, 0.05) is 42.0 Å². The fourth-order valence-corrected chi connectivity index (χ4v) is 13.2. The van der Waals surface area contributed by atoms with E-state index in [9.17, 15) is 131 Å². The summed E-state index contributed by atoms with van der Waals surface area (Å²) in [5.41, 5.74) is -0.0141. The van der Waals surface area contributed by atoms with Crippen molar-refractivity contribution in [3.05, 3.63) is 196 Å². The number of fused-ring (bicyclic) bond motifs is 1. The number of rotatable bonds is 32. The van der Waals surface area contributed by atoms with Gasteiger partial charge in [-0.25, -0.2) is 9.59 Å². The van der Waals surface area contributed by atoms with Crippen LogP contribution < -0.4 is 29.1 Å². The maximum atomic E-state index is 13.5. The molecule has 0 saturated carbocycles. The molecular formula is C84H89O43+. The third-order valence-corrected chi connectivity index (χ3v) is 20.3. The smallest absolute Gasteiger partial charge is 0.330 e. The standard InChI is InChI=1S/C84H88O43/c85-41-13-1-36(2-14-41)9-21-58(91)112-31-52-64(97)69(102)74(107)80(123-52)117-44-17-5-38(6-18-44)11-23-60(93)114-33-54-66(99)71(104)76(109)82(125-54)120-49-25-40(79-51(29-46-47(88)27-43(87)28-48(46)119-79)122-84-78(111)73(106)68(101)56(127-84)35-116-62(95)30-57(89)90)26-50(63(49)96)121-83-77(110)72(105)67(100)55(126-83)34-115-61(94)24-12-39-7-19-45(20-8-39)118-81-75(108)70(103)65(98)53(124-81)32-113-59(92)22-10-37-3-15-42(86)16-4-37/h1-29,52-56,58,64-78,80-85,87,91-92,96-111H,30-35H2,(H,89,90)/p+1/b21-9?,23-11+,24-12+,59-22?/t52-,53-,54-,55-,56-,58?,64-,65-,66-,67-,68-,69+,70+,71+,72+,73+,74-,75-,76-,77-,78-,80-,81-,82-,83-,84-/m1/s1. The van der Waals surface area contributed by atoms with Gasteiger partial charge in [-0.15, -0.1) is 0 Å². The van der Waals surface area contributed by atoms with Crippen molar-refractivity contribution in [2.24, 2.45) is 0 Å². The molecule has 26 atom stereocenters. The summed E-state index contributed by atoms with van der Waals surface area (Å²) in [5, 5.41) is 228. The van der Waals surface area contributed by atoms with Crippen molar-refractivity contribution in [3.8, 4) is 68.6 Å². The molecule has 5 fully saturated rings. The summed E-state index contributed by atoms with van der Waals surface area (Å²) in [6, 6.07) is 21.6. The van der Waals surface area contributed by atoms with Gasteiger partial charge in [0.05, 0.1) is 5.56 Å². The predicted octanol–water partition coefficient (Wildman–Crippen LogP) is -3.41. The van der Waals surface area contributed by atoms with E-state index in [2.05, 4.69) is 4.74 Å². The molecule has 43 heteroatoms. The highest BCUT2D eigenvalue weighted by Crippen LogP contribution is 2.48. The average molecular weight is 1790 g/mol. The van der Waals surface area contributed by atoms with E-state index in [1.807, 2.05) is 0 Å². The normalized spacial score (nSPS) is 30.7. The number of ketones is 1. The Labute approximate surface area is 716 Å². The lowest BCUT2D eigenvalue weighted by atomic mass is 9.99. The van der Waals surface area contributed by atoms with Gasteiger partial charge in [0.1, 0.15) is 178 Å². The molecule has 4 aromatic carbocycles. The van der Waals surface area contributed by atoms with Crippen molar-refractivity contribution in [2.45, 2.75) is 166 Å². The predicted molar refractivity (Wildman–Crippen MR) is 421 cm³/mol. The first-order valence-corrected chi connectivity index (χ1v) is 38.8. The number of carbonyl (C=O) groups is 5. The number of allylic oxidation sites excluding steroid dienone is 7. The fourth-order valence-electron chi connectivity index (χ4n) is 13.2. The molecule has 6 aliphatic heterocycles. The average Bonchev–Trinajstić information content (AvgIpc) is 0.759. The lowest BCUT2D eigenvalue weighted by molar-refractivity contribution is -0.303. The van der Waals surface area contributed by atoms with Crippen LogP contribution in [0.15, 0.2) is 179 Å². The maximum Gasteiger partial charge on any atom is 0.330 e. The highest BCUT2D eigenvalue weighted by atomic mass is 16.8.